The summed E-state index contributed by atoms with van der Waals surface area (Å²) in [7, 11) is -12.1. The molecule has 0 amide bonds. The Labute approximate surface area is 239 Å². The van der Waals surface area contributed by atoms with Crippen LogP contribution in [0.2, 0.25) is 27.7 Å². The minimum atomic E-state index is -2.90. The number of hydrogen-bond donors (Lipinski definition) is 3. The van der Waals surface area contributed by atoms with Crippen LogP contribution in [0.5, 0.6) is 0 Å². The van der Waals surface area contributed by atoms with Crippen molar-refractivity contribution in [1.82, 2.24) is 0 Å². The van der Waals surface area contributed by atoms with E-state index in [1.54, 1.807) is 0 Å². The minimum Gasteiger partial charge on any atom is -0.438 e. The lowest BCUT2D eigenvalue weighted by Gasteiger charge is -2.52. The predicted octanol–water partition coefficient (Wildman–Crippen LogP) is 7.33. The van der Waals surface area contributed by atoms with E-state index >= 15 is 0 Å². The van der Waals surface area contributed by atoms with Crippen LogP contribution in [-0.2, 0) is 0 Å². The van der Waals surface area contributed by atoms with Gasteiger partial charge in [-0.1, -0.05) is 161 Å². The van der Waals surface area contributed by atoms with Gasteiger partial charge < -0.3 is 14.4 Å². The highest BCUT2D eigenvalue weighted by Gasteiger charge is 2.85. The van der Waals surface area contributed by atoms with Crippen molar-refractivity contribution >= 4 is 37.7 Å². The molecular formula is C30H60O3Si5. The Balaban J connectivity index is 1.56. The predicted molar refractivity (Wildman–Crippen MR) is 172 cm³/mol. The molecule has 6 rings (SSSR count). The fraction of sp³-hybridized carbons (Fsp3) is 1.00. The second-order valence-electron chi connectivity index (χ2n) is 15.3. The summed E-state index contributed by atoms with van der Waals surface area (Å²) in [6.07, 6.45) is 32.7. The highest BCUT2D eigenvalue weighted by atomic mass is 30.2. The maximum absolute atomic E-state index is 14.1. The first-order chi connectivity index (χ1) is 18.5. The van der Waals surface area contributed by atoms with Crippen molar-refractivity contribution in [3.8, 4) is 0 Å². The van der Waals surface area contributed by atoms with Gasteiger partial charge in [-0.15, -0.1) is 0 Å². The SMILES string of the molecule is O[Si]1(C2CCCCC2)[SiH](C2CCCCC2)[Si](O)(C2CCCCC2)[Si](O)(C2CCCCC2)[SiH]1C1CCCCC1. The van der Waals surface area contributed by atoms with Gasteiger partial charge in [-0.3, -0.25) is 0 Å². The summed E-state index contributed by atoms with van der Waals surface area (Å²) in [4.78, 5) is 42.3. The molecule has 0 aromatic carbocycles. The Morgan fingerprint density at radius 2 is 0.605 bits per heavy atom. The molecule has 38 heavy (non-hydrogen) atoms. The molecule has 6 aliphatic rings. The smallest absolute Gasteiger partial charge is 0.191 e. The molecule has 1 saturated heterocycles. The molecule has 4 atom stereocenters. The molecule has 0 spiro atoms. The molecule has 218 valence electrons. The summed E-state index contributed by atoms with van der Waals surface area (Å²) in [6, 6.07) is 0. The first kappa shape index (κ1) is 29.1. The van der Waals surface area contributed by atoms with Gasteiger partial charge in [0.05, 0.1) is 15.7 Å². The van der Waals surface area contributed by atoms with Crippen LogP contribution < -0.4 is 0 Å². The quantitative estimate of drug-likeness (QED) is 0.286. The van der Waals surface area contributed by atoms with E-state index in [0.717, 1.165) is 0 Å². The molecule has 5 aliphatic carbocycles. The number of hydrogen-bond acceptors (Lipinski definition) is 3. The fourth-order valence-electron chi connectivity index (χ4n) is 12.1. The van der Waals surface area contributed by atoms with Crippen molar-refractivity contribution in [3.05, 3.63) is 0 Å². The second-order valence-corrected chi connectivity index (χ2v) is 58.6. The van der Waals surface area contributed by atoms with Gasteiger partial charge in [-0.2, -0.15) is 0 Å². The van der Waals surface area contributed by atoms with Gasteiger partial charge in [0.25, 0.3) is 0 Å². The molecule has 0 radical (unpaired) electrons. The van der Waals surface area contributed by atoms with Gasteiger partial charge in [0.1, 0.15) is 0 Å². The van der Waals surface area contributed by atoms with Crippen molar-refractivity contribution in [2.24, 2.45) is 0 Å². The Kier molecular flexibility index (Phi) is 9.40. The Morgan fingerprint density at radius 3 is 0.921 bits per heavy atom. The van der Waals surface area contributed by atoms with Crippen molar-refractivity contribution in [2.45, 2.75) is 188 Å². The monoisotopic (exact) mass is 608 g/mol. The van der Waals surface area contributed by atoms with E-state index < -0.39 is 37.7 Å². The maximum Gasteiger partial charge on any atom is 0.191 e. The Morgan fingerprint density at radius 1 is 0.342 bits per heavy atom. The van der Waals surface area contributed by atoms with Crippen molar-refractivity contribution < 1.29 is 14.4 Å². The van der Waals surface area contributed by atoms with Crippen molar-refractivity contribution in [1.29, 1.82) is 0 Å². The highest BCUT2D eigenvalue weighted by molar-refractivity contribution is 8.05. The zero-order valence-corrected chi connectivity index (χ0v) is 29.9. The molecule has 3 nitrogen and oxygen atoms in total. The third kappa shape index (κ3) is 4.78. The lowest BCUT2D eigenvalue weighted by molar-refractivity contribution is 0.416. The van der Waals surface area contributed by atoms with Gasteiger partial charge in [0.2, 0.25) is 0 Å². The van der Waals surface area contributed by atoms with Gasteiger partial charge >= 0.3 is 0 Å². The second kappa shape index (κ2) is 12.3. The number of rotatable bonds is 5. The first-order valence-corrected chi connectivity index (χ1v) is 33.3. The van der Waals surface area contributed by atoms with E-state index in [-0.39, 0.29) is 0 Å². The molecule has 4 unspecified atom stereocenters. The minimum absolute atomic E-state index is 0.483. The van der Waals surface area contributed by atoms with Gasteiger partial charge in [-0.25, -0.2) is 0 Å². The van der Waals surface area contributed by atoms with Gasteiger partial charge in [-0.05, 0) is 27.7 Å². The zero-order chi connectivity index (χ0) is 26.2. The van der Waals surface area contributed by atoms with Crippen LogP contribution in [0.25, 0.3) is 0 Å². The lowest BCUT2D eigenvalue weighted by atomic mass is 10.0. The van der Waals surface area contributed by atoms with E-state index in [1.807, 2.05) is 0 Å². The van der Waals surface area contributed by atoms with Crippen LogP contribution in [0.3, 0.4) is 0 Å². The van der Waals surface area contributed by atoms with E-state index in [9.17, 15) is 14.4 Å². The molecule has 0 aromatic rings. The summed E-state index contributed by atoms with van der Waals surface area (Å²) in [6.45, 7) is 0. The molecule has 0 aromatic heterocycles. The summed E-state index contributed by atoms with van der Waals surface area (Å²) < 4.78 is 0. The topological polar surface area (TPSA) is 60.7 Å². The molecule has 0 bridgehead atoms. The third-order valence-electron chi connectivity index (χ3n) is 13.5. The molecule has 5 saturated carbocycles. The first-order valence-electron chi connectivity index (χ1n) is 17.7. The molecule has 8 heteroatoms. The lowest BCUT2D eigenvalue weighted by Crippen LogP contribution is -2.76. The summed E-state index contributed by atoms with van der Waals surface area (Å²) in [5, 5.41) is 0. The van der Waals surface area contributed by atoms with Crippen molar-refractivity contribution in [2.75, 3.05) is 0 Å². The fourth-order valence-corrected chi connectivity index (χ4v) is 192. The van der Waals surface area contributed by atoms with Crippen LogP contribution in [-0.4, -0.2) is 52.1 Å². The van der Waals surface area contributed by atoms with E-state index in [1.165, 1.54) is 161 Å². The summed E-state index contributed by atoms with van der Waals surface area (Å²) in [5.41, 5.74) is 2.95. The highest BCUT2D eigenvalue weighted by Crippen LogP contribution is 2.63. The molecule has 1 heterocycles. The average molecular weight is 609 g/mol. The van der Waals surface area contributed by atoms with Gasteiger partial charge in [0.15, 0.2) is 22.1 Å². The summed E-state index contributed by atoms with van der Waals surface area (Å²) in [5.74, 6) is 0. The Hall–Kier alpha value is 0.964. The normalized spacial score (nSPS) is 44.0. The Bertz CT molecular complexity index is 720. The molecule has 6 fully saturated rings. The van der Waals surface area contributed by atoms with Crippen LogP contribution in [0, 0.1) is 0 Å². The van der Waals surface area contributed by atoms with Crippen LogP contribution >= 0.6 is 0 Å². The molecule has 3 N–H and O–H groups in total. The standard InChI is InChI=1S/C30H60O3Si5/c31-36(28-20-10-3-11-21-28)34(26-16-6-1-7-17-26)37(32,29-22-12-4-13-23-29)38(33,30-24-14-5-15-25-30)35(36)27-18-8-2-9-19-27/h26-35H,1-25H2. The van der Waals surface area contributed by atoms with E-state index in [0.29, 0.717) is 27.7 Å². The average Bonchev–Trinajstić information content (AvgIpc) is 3.16. The summed E-state index contributed by atoms with van der Waals surface area (Å²) >= 11 is 0. The zero-order valence-electron chi connectivity index (χ0n) is 24.6. The third-order valence-corrected chi connectivity index (χ3v) is 108. The van der Waals surface area contributed by atoms with Gasteiger partial charge in [0, 0.05) is 0 Å². The van der Waals surface area contributed by atoms with Crippen LogP contribution in [0.4, 0.5) is 0 Å². The molecule has 1 aliphatic heterocycles. The van der Waals surface area contributed by atoms with Crippen molar-refractivity contribution in [3.63, 3.8) is 0 Å². The van der Waals surface area contributed by atoms with E-state index in [2.05, 4.69) is 0 Å². The molecular weight excluding hydrogens is 549 g/mol. The van der Waals surface area contributed by atoms with E-state index in [4.69, 9.17) is 0 Å². The maximum atomic E-state index is 14.1. The van der Waals surface area contributed by atoms with Crippen LogP contribution in [0.1, 0.15) is 161 Å². The largest absolute Gasteiger partial charge is 0.438 e. The van der Waals surface area contributed by atoms with Crippen LogP contribution in [0.15, 0.2) is 0 Å².